The first-order valence-corrected chi connectivity index (χ1v) is 11.4. The third-order valence-corrected chi connectivity index (χ3v) is 5.96. The second-order valence-electron chi connectivity index (χ2n) is 6.81. The summed E-state index contributed by atoms with van der Waals surface area (Å²) in [6, 6.07) is 21.2. The molecule has 0 saturated carbocycles. The lowest BCUT2D eigenvalue weighted by atomic mass is 10.2. The Morgan fingerprint density at radius 1 is 1.12 bits per heavy atom. The average Bonchev–Trinajstić information content (AvgIpc) is 3.29. The Bertz CT molecular complexity index is 1240. The molecule has 0 fully saturated rings. The second-order valence-corrected chi connectivity index (χ2v) is 8.56. The maximum atomic E-state index is 13.3. The summed E-state index contributed by atoms with van der Waals surface area (Å²) >= 11 is 4.81. The molecule has 4 aromatic rings. The molecular weight excluding hydrogens is 491 g/mol. The van der Waals surface area contributed by atoms with Crippen LogP contribution in [0.15, 0.2) is 95.3 Å². The third kappa shape index (κ3) is 5.12. The van der Waals surface area contributed by atoms with Crippen LogP contribution in [0.1, 0.15) is 5.56 Å². The number of rotatable bonds is 7. The summed E-state index contributed by atoms with van der Waals surface area (Å²) in [6.45, 7) is 3.87. The number of thiazole rings is 1. The van der Waals surface area contributed by atoms with Gasteiger partial charge in [0.25, 0.3) is 5.91 Å². The highest BCUT2D eigenvalue weighted by atomic mass is 79.9. The predicted molar refractivity (Wildman–Crippen MR) is 130 cm³/mol. The molecule has 0 bridgehead atoms. The minimum absolute atomic E-state index is 0.245. The second kappa shape index (κ2) is 9.89. The smallest absolute Gasteiger partial charge is 0.256 e. The zero-order chi connectivity index (χ0) is 22.5. The number of hydrogen-bond acceptors (Lipinski definition) is 4. The van der Waals surface area contributed by atoms with Crippen molar-refractivity contribution in [3.63, 3.8) is 0 Å². The molecule has 32 heavy (non-hydrogen) atoms. The highest BCUT2D eigenvalue weighted by molar-refractivity contribution is 9.10. The van der Waals surface area contributed by atoms with Gasteiger partial charge in [0.2, 0.25) is 0 Å². The van der Waals surface area contributed by atoms with Gasteiger partial charge in [0, 0.05) is 15.4 Å². The SMILES string of the molecule is C=CC(=O)N(c1ccc(OCc2cccc(F)c2)cc1)c1nc(-c2ccc(Br)cc2)cs1. The number of carbonyl (C=O) groups is 1. The molecule has 0 saturated heterocycles. The molecule has 7 heteroatoms. The van der Waals surface area contributed by atoms with Gasteiger partial charge in [-0.15, -0.1) is 11.3 Å². The van der Waals surface area contributed by atoms with Crippen molar-refractivity contribution in [1.82, 2.24) is 4.98 Å². The highest BCUT2D eigenvalue weighted by Crippen LogP contribution is 2.33. The summed E-state index contributed by atoms with van der Waals surface area (Å²) in [7, 11) is 0. The molecule has 0 N–H and O–H groups in total. The zero-order valence-corrected chi connectivity index (χ0v) is 19.3. The molecule has 0 atom stereocenters. The first-order valence-electron chi connectivity index (χ1n) is 9.69. The molecule has 1 aromatic heterocycles. The van der Waals surface area contributed by atoms with Crippen LogP contribution in [0.3, 0.4) is 0 Å². The Balaban J connectivity index is 1.54. The maximum Gasteiger partial charge on any atom is 0.256 e. The first kappa shape index (κ1) is 21.9. The number of aromatic nitrogens is 1. The monoisotopic (exact) mass is 508 g/mol. The van der Waals surface area contributed by atoms with E-state index in [1.807, 2.05) is 29.6 Å². The number of halogens is 2. The van der Waals surface area contributed by atoms with E-state index in [2.05, 4.69) is 27.5 Å². The quantitative estimate of drug-likeness (QED) is 0.249. The first-order chi connectivity index (χ1) is 15.5. The minimum atomic E-state index is -0.300. The van der Waals surface area contributed by atoms with E-state index in [0.29, 0.717) is 16.6 Å². The van der Waals surface area contributed by atoms with Gasteiger partial charge in [-0.25, -0.2) is 9.37 Å². The number of nitrogens with zero attached hydrogens (tertiary/aromatic N) is 2. The number of hydrogen-bond donors (Lipinski definition) is 0. The Morgan fingerprint density at radius 2 is 1.88 bits per heavy atom. The van der Waals surface area contributed by atoms with E-state index >= 15 is 0 Å². The van der Waals surface area contributed by atoms with Crippen LogP contribution in [0.4, 0.5) is 15.2 Å². The van der Waals surface area contributed by atoms with Gasteiger partial charge >= 0.3 is 0 Å². The Hall–Kier alpha value is -3.29. The van der Waals surface area contributed by atoms with Crippen molar-refractivity contribution in [2.75, 3.05) is 4.90 Å². The molecule has 0 aliphatic carbocycles. The summed E-state index contributed by atoms with van der Waals surface area (Å²) in [6.07, 6.45) is 1.26. The molecule has 4 rings (SSSR count). The maximum absolute atomic E-state index is 13.3. The molecule has 1 heterocycles. The lowest BCUT2D eigenvalue weighted by molar-refractivity contribution is -0.113. The van der Waals surface area contributed by atoms with Crippen molar-refractivity contribution in [2.24, 2.45) is 0 Å². The molecule has 0 aliphatic rings. The Kier molecular flexibility index (Phi) is 6.78. The lowest BCUT2D eigenvalue weighted by Crippen LogP contribution is -2.23. The van der Waals surface area contributed by atoms with Crippen molar-refractivity contribution in [1.29, 1.82) is 0 Å². The van der Waals surface area contributed by atoms with Gasteiger partial charge < -0.3 is 4.74 Å². The van der Waals surface area contributed by atoms with E-state index in [9.17, 15) is 9.18 Å². The van der Waals surface area contributed by atoms with E-state index in [1.165, 1.54) is 34.4 Å². The van der Waals surface area contributed by atoms with E-state index in [1.54, 1.807) is 36.4 Å². The fraction of sp³-hybridized carbons (Fsp3) is 0.0400. The summed E-state index contributed by atoms with van der Waals surface area (Å²) in [5.41, 5.74) is 3.13. The van der Waals surface area contributed by atoms with Crippen molar-refractivity contribution < 1.29 is 13.9 Å². The zero-order valence-electron chi connectivity index (χ0n) is 16.9. The van der Waals surface area contributed by atoms with Crippen LogP contribution in [0, 0.1) is 5.82 Å². The predicted octanol–water partition coefficient (Wildman–Crippen LogP) is 7.14. The Morgan fingerprint density at radius 3 is 2.56 bits per heavy atom. The Labute approximate surface area is 197 Å². The van der Waals surface area contributed by atoms with Gasteiger partial charge in [0.1, 0.15) is 18.2 Å². The largest absolute Gasteiger partial charge is 0.489 e. The summed E-state index contributed by atoms with van der Waals surface area (Å²) in [4.78, 5) is 18.8. The number of benzene rings is 3. The van der Waals surface area contributed by atoms with Crippen molar-refractivity contribution >= 4 is 44.0 Å². The van der Waals surface area contributed by atoms with Crippen molar-refractivity contribution in [2.45, 2.75) is 6.61 Å². The third-order valence-electron chi connectivity index (χ3n) is 4.61. The van der Waals surface area contributed by atoms with Crippen LogP contribution >= 0.6 is 27.3 Å². The molecular formula is C25H18BrFN2O2S. The van der Waals surface area contributed by atoms with E-state index in [-0.39, 0.29) is 18.3 Å². The number of amides is 1. The summed E-state index contributed by atoms with van der Waals surface area (Å²) in [5.74, 6) is 0.0276. The minimum Gasteiger partial charge on any atom is -0.489 e. The number of ether oxygens (including phenoxy) is 1. The fourth-order valence-corrected chi connectivity index (χ4v) is 4.15. The van der Waals surface area contributed by atoms with Gasteiger partial charge in [0.05, 0.1) is 11.4 Å². The van der Waals surface area contributed by atoms with Crippen molar-refractivity contribution in [3.8, 4) is 17.0 Å². The van der Waals surface area contributed by atoms with Gasteiger partial charge in [-0.3, -0.25) is 9.69 Å². The standard InChI is InChI=1S/C25H18BrFN2O2S/c1-2-24(30)29(25-28-23(16-32-25)18-6-8-19(26)9-7-18)21-10-12-22(13-11-21)31-15-17-4-3-5-20(27)14-17/h2-14,16H,1,15H2. The molecule has 0 spiro atoms. The van der Waals surface area contributed by atoms with Gasteiger partial charge in [-0.1, -0.05) is 46.8 Å². The molecule has 0 aliphatic heterocycles. The lowest BCUT2D eigenvalue weighted by Gasteiger charge is -2.18. The molecule has 0 radical (unpaired) electrons. The van der Waals surface area contributed by atoms with Gasteiger partial charge in [0.15, 0.2) is 5.13 Å². The topological polar surface area (TPSA) is 42.4 Å². The number of carbonyl (C=O) groups excluding carboxylic acids is 1. The van der Waals surface area contributed by atoms with Crippen LogP contribution in [0.25, 0.3) is 11.3 Å². The molecule has 160 valence electrons. The summed E-state index contributed by atoms with van der Waals surface area (Å²) < 4.78 is 20.0. The molecule has 4 nitrogen and oxygen atoms in total. The van der Waals surface area contributed by atoms with Crippen LogP contribution in [0.5, 0.6) is 5.75 Å². The van der Waals surface area contributed by atoms with Gasteiger partial charge in [-0.2, -0.15) is 0 Å². The fourth-order valence-electron chi connectivity index (χ4n) is 3.03. The molecule has 0 unspecified atom stereocenters. The van der Waals surface area contributed by atoms with Crippen LogP contribution in [0.2, 0.25) is 0 Å². The van der Waals surface area contributed by atoms with E-state index < -0.39 is 0 Å². The van der Waals surface area contributed by atoms with Crippen LogP contribution < -0.4 is 9.64 Å². The summed E-state index contributed by atoms with van der Waals surface area (Å²) in [5, 5.41) is 2.46. The van der Waals surface area contributed by atoms with Crippen molar-refractivity contribution in [3.05, 3.63) is 107 Å². The number of anilines is 2. The van der Waals surface area contributed by atoms with Crippen LogP contribution in [-0.4, -0.2) is 10.9 Å². The highest BCUT2D eigenvalue weighted by Gasteiger charge is 2.19. The molecule has 1 amide bonds. The normalized spacial score (nSPS) is 10.6. The van der Waals surface area contributed by atoms with Gasteiger partial charge in [-0.05, 0) is 60.2 Å². The molecule has 3 aromatic carbocycles. The van der Waals surface area contributed by atoms with E-state index in [0.717, 1.165) is 21.3 Å². The van der Waals surface area contributed by atoms with E-state index in [4.69, 9.17) is 4.74 Å². The van der Waals surface area contributed by atoms with Crippen LogP contribution in [-0.2, 0) is 11.4 Å². The average molecular weight is 509 g/mol.